The van der Waals surface area contributed by atoms with Gasteiger partial charge in [0.1, 0.15) is 19.0 Å². The summed E-state index contributed by atoms with van der Waals surface area (Å²) in [6.07, 6.45) is -0.317. The van der Waals surface area contributed by atoms with Crippen LogP contribution in [0.15, 0.2) is 29.2 Å². The fraction of sp³-hybridized carbons (Fsp3) is 0.500. The van der Waals surface area contributed by atoms with Gasteiger partial charge in [-0.05, 0) is 50.0 Å². The quantitative estimate of drug-likeness (QED) is 0.186. The van der Waals surface area contributed by atoms with Crippen LogP contribution in [0, 0.1) is 0 Å². The zero-order chi connectivity index (χ0) is 27.1. The fourth-order valence-corrected chi connectivity index (χ4v) is 4.76. The number of hydrogen-bond acceptors (Lipinski definition) is 12. The molecule has 1 saturated carbocycles. The van der Waals surface area contributed by atoms with Crippen LogP contribution in [0.4, 0.5) is 5.13 Å². The third-order valence-corrected chi connectivity index (χ3v) is 6.72. The van der Waals surface area contributed by atoms with Gasteiger partial charge < -0.3 is 51.2 Å². The molecule has 1 aromatic heterocycles. The number of rotatable bonds is 6. The topological polar surface area (TPSA) is 208 Å². The van der Waals surface area contributed by atoms with Gasteiger partial charge in [-0.1, -0.05) is 6.07 Å². The van der Waals surface area contributed by atoms with E-state index >= 15 is 0 Å². The summed E-state index contributed by atoms with van der Waals surface area (Å²) in [5.74, 6) is -0.478. The second-order valence-corrected chi connectivity index (χ2v) is 9.68. The number of nitrogens with one attached hydrogen (secondary N) is 1. The second-order valence-electron chi connectivity index (χ2n) is 8.79. The van der Waals surface area contributed by atoms with Gasteiger partial charge in [-0.25, -0.2) is 4.98 Å². The van der Waals surface area contributed by atoms with Crippen molar-refractivity contribution in [3.05, 3.63) is 40.4 Å². The van der Waals surface area contributed by atoms with Gasteiger partial charge in [0.05, 0.1) is 23.9 Å². The first-order valence-electron chi connectivity index (χ1n) is 11.7. The van der Waals surface area contributed by atoms with E-state index < -0.39 is 49.4 Å². The minimum Gasteiger partial charge on any atom is -0.504 e. The summed E-state index contributed by atoms with van der Waals surface area (Å²) in [5, 5.41) is 60.0. The van der Waals surface area contributed by atoms with Crippen LogP contribution in [0.1, 0.15) is 50.0 Å². The molecule has 9 N–H and O–H groups in total. The normalized spacial score (nSPS) is 27.8. The first-order chi connectivity index (χ1) is 17.6. The highest BCUT2D eigenvalue weighted by atomic mass is 32.1. The number of hydrogen-bond donors (Lipinski definition) is 8. The number of thiazole rings is 1. The standard InChI is InChI=1S/C23H29N3O7S.CH4O2/c1-11(21(31)26-20-14(27)3-2-4-15(20)28)7-12-5-6-18(16(29)8-12)32-22-17(30)9-19(33-22)13-10-34-23(24)25-13;2-1-3/h5-8,10,14-15,17,19-20,22,27-30H,2-4,9H2,1H3,(H2,24,25)(H,26,31);2-3H,1H2/b11-7+;/t14-,15+,17-,19-,20?,22?;/m0./s1. The number of aliphatic hydroxyl groups is 5. The largest absolute Gasteiger partial charge is 0.504 e. The third-order valence-electron chi connectivity index (χ3n) is 6.03. The summed E-state index contributed by atoms with van der Waals surface area (Å²) in [6, 6.07) is 3.88. The SMILES string of the molecule is C/C(=C\c1ccc(OC2O[C@H](c3csc(N)n3)C[C@@H]2O)c(O)c1)C(=O)NC1[C@H](O)CCC[C@@H]1O.OCO. The molecule has 1 aliphatic heterocycles. The lowest BCUT2D eigenvalue weighted by Crippen LogP contribution is -2.53. The van der Waals surface area contributed by atoms with Crippen molar-refractivity contribution in [1.29, 1.82) is 0 Å². The van der Waals surface area contributed by atoms with Crippen molar-refractivity contribution < 1.29 is 44.9 Å². The molecule has 1 amide bonds. The third kappa shape index (κ3) is 7.61. The van der Waals surface area contributed by atoms with Crippen LogP contribution >= 0.6 is 11.3 Å². The van der Waals surface area contributed by atoms with Gasteiger partial charge in [-0.2, -0.15) is 0 Å². The van der Waals surface area contributed by atoms with Gasteiger partial charge in [0.15, 0.2) is 16.6 Å². The molecule has 6 atom stereocenters. The molecule has 2 fully saturated rings. The van der Waals surface area contributed by atoms with Crippen LogP contribution in [0.2, 0.25) is 0 Å². The van der Waals surface area contributed by atoms with Gasteiger partial charge in [0.2, 0.25) is 12.2 Å². The van der Waals surface area contributed by atoms with E-state index in [2.05, 4.69) is 10.3 Å². The Balaban J connectivity index is 0.00000121. The number of phenolic OH excluding ortho intramolecular Hbond substituents is 1. The van der Waals surface area contributed by atoms with E-state index in [4.69, 9.17) is 25.4 Å². The number of carbonyl (C=O) groups is 1. The predicted molar refractivity (Wildman–Crippen MR) is 134 cm³/mol. The maximum atomic E-state index is 12.5. The zero-order valence-corrected chi connectivity index (χ0v) is 21.0. The molecular formula is C24H33N3O9S. The van der Waals surface area contributed by atoms with E-state index in [1.807, 2.05) is 0 Å². The minimum atomic E-state index is -0.985. The van der Waals surface area contributed by atoms with E-state index in [1.54, 1.807) is 24.4 Å². The average Bonchev–Trinajstić information content (AvgIpc) is 3.44. The first kappa shape index (κ1) is 28.8. The Hall–Kier alpha value is -2.78. The van der Waals surface area contributed by atoms with E-state index in [-0.39, 0.29) is 17.9 Å². The van der Waals surface area contributed by atoms with Crippen LogP contribution in [0.3, 0.4) is 0 Å². The van der Waals surface area contributed by atoms with Crippen LogP contribution in [-0.4, -0.2) is 79.0 Å². The number of aromatic hydroxyl groups is 1. The molecule has 0 radical (unpaired) electrons. The van der Waals surface area contributed by atoms with E-state index in [1.165, 1.54) is 23.5 Å². The fourth-order valence-electron chi connectivity index (χ4n) is 4.16. The Morgan fingerprint density at radius 2 is 1.92 bits per heavy atom. The van der Waals surface area contributed by atoms with Gasteiger partial charge in [-0.3, -0.25) is 4.79 Å². The van der Waals surface area contributed by atoms with Crippen LogP contribution < -0.4 is 15.8 Å². The number of anilines is 1. The maximum Gasteiger partial charge on any atom is 0.247 e. The molecular weight excluding hydrogens is 506 g/mol. The van der Waals surface area contributed by atoms with Gasteiger partial charge in [0.25, 0.3) is 0 Å². The van der Waals surface area contributed by atoms with Crippen molar-refractivity contribution in [2.75, 3.05) is 12.5 Å². The predicted octanol–water partition coefficient (Wildman–Crippen LogP) is 0.381. The first-order valence-corrected chi connectivity index (χ1v) is 12.6. The molecule has 1 aliphatic carbocycles. The number of aromatic nitrogens is 1. The van der Waals surface area contributed by atoms with Gasteiger partial charge in [-0.15, -0.1) is 11.3 Å². The average molecular weight is 540 g/mol. The molecule has 4 rings (SSSR count). The number of ether oxygens (including phenoxy) is 2. The molecule has 2 aliphatic rings. The molecule has 1 aromatic carbocycles. The smallest absolute Gasteiger partial charge is 0.247 e. The number of amides is 1. The monoisotopic (exact) mass is 539 g/mol. The highest BCUT2D eigenvalue weighted by molar-refractivity contribution is 7.13. The Morgan fingerprint density at radius 1 is 1.24 bits per heavy atom. The second kappa shape index (κ2) is 13.1. The molecule has 0 spiro atoms. The lowest BCUT2D eigenvalue weighted by molar-refractivity contribution is -0.121. The molecule has 204 valence electrons. The van der Waals surface area contributed by atoms with E-state index in [0.717, 1.165) is 0 Å². The number of nitrogens with two attached hydrogens (primary N) is 1. The van der Waals surface area contributed by atoms with Crippen molar-refractivity contribution in [3.8, 4) is 11.5 Å². The Labute approximate surface area is 217 Å². The highest BCUT2D eigenvalue weighted by Gasteiger charge is 2.38. The Kier molecular flexibility index (Phi) is 10.2. The van der Waals surface area contributed by atoms with Gasteiger partial charge >= 0.3 is 0 Å². The molecule has 37 heavy (non-hydrogen) atoms. The number of benzene rings is 1. The van der Waals surface area contributed by atoms with Gasteiger partial charge in [0, 0.05) is 17.4 Å². The van der Waals surface area contributed by atoms with E-state index in [9.17, 15) is 25.2 Å². The number of phenols is 1. The van der Waals surface area contributed by atoms with E-state index in [0.29, 0.717) is 41.2 Å². The number of nitrogens with zero attached hydrogens (tertiary/aromatic N) is 1. The Bertz CT molecular complexity index is 1070. The molecule has 2 heterocycles. The van der Waals surface area contributed by atoms with Crippen LogP contribution in [-0.2, 0) is 9.53 Å². The van der Waals surface area contributed by atoms with Crippen LogP contribution in [0.5, 0.6) is 11.5 Å². The summed E-state index contributed by atoms with van der Waals surface area (Å²) in [6.45, 7) is 0.854. The van der Waals surface area contributed by atoms with Crippen molar-refractivity contribution in [3.63, 3.8) is 0 Å². The summed E-state index contributed by atoms with van der Waals surface area (Å²) in [7, 11) is 0. The molecule has 1 saturated heterocycles. The summed E-state index contributed by atoms with van der Waals surface area (Å²) in [4.78, 5) is 16.7. The number of aliphatic hydroxyl groups excluding tert-OH is 4. The lowest BCUT2D eigenvalue weighted by atomic mass is 9.89. The van der Waals surface area contributed by atoms with Crippen LogP contribution in [0.25, 0.3) is 6.08 Å². The van der Waals surface area contributed by atoms with Crippen molar-refractivity contribution in [1.82, 2.24) is 10.3 Å². The zero-order valence-electron chi connectivity index (χ0n) is 20.2. The summed E-state index contributed by atoms with van der Waals surface area (Å²) in [5.41, 5.74) is 7.18. The van der Waals surface area contributed by atoms with Crippen molar-refractivity contribution >= 4 is 28.5 Å². The summed E-state index contributed by atoms with van der Waals surface area (Å²) < 4.78 is 11.4. The molecule has 13 heteroatoms. The van der Waals surface area contributed by atoms with Crippen molar-refractivity contribution in [2.24, 2.45) is 0 Å². The minimum absolute atomic E-state index is 0.121. The molecule has 2 unspecified atom stereocenters. The van der Waals surface area contributed by atoms with Crippen molar-refractivity contribution in [2.45, 2.75) is 69.4 Å². The molecule has 12 nitrogen and oxygen atoms in total. The Morgan fingerprint density at radius 3 is 2.51 bits per heavy atom. The maximum absolute atomic E-state index is 12.5. The number of carbonyl (C=O) groups excluding carboxylic acids is 1. The summed E-state index contributed by atoms with van der Waals surface area (Å²) >= 11 is 1.28. The molecule has 0 bridgehead atoms. The number of nitrogen functional groups attached to an aromatic ring is 1. The lowest BCUT2D eigenvalue weighted by Gasteiger charge is -2.32. The highest BCUT2D eigenvalue weighted by Crippen LogP contribution is 2.37. The molecule has 2 aromatic rings.